The first-order valence-electron chi connectivity index (χ1n) is 12.6. The van der Waals surface area contributed by atoms with E-state index in [-0.39, 0.29) is 11.8 Å². The van der Waals surface area contributed by atoms with Crippen LogP contribution in [0.25, 0.3) is 27.2 Å². The SMILES string of the molecule is O=C1CCCC2=C1[C@H](c1cn(Cc3ccc(Cl)cc3Cl)c3ccccc13)Nc1ccc3ccccc3c12. The fraction of sp³-hybridized carbons (Fsp3) is 0.156. The third-order valence-corrected chi connectivity index (χ3v) is 8.35. The van der Waals surface area contributed by atoms with E-state index in [1.54, 1.807) is 6.07 Å². The fourth-order valence-corrected chi connectivity index (χ4v) is 6.57. The fourth-order valence-electron chi connectivity index (χ4n) is 6.11. The minimum absolute atomic E-state index is 0.205. The van der Waals surface area contributed by atoms with Gasteiger partial charge in [-0.25, -0.2) is 0 Å². The summed E-state index contributed by atoms with van der Waals surface area (Å²) >= 11 is 12.7. The summed E-state index contributed by atoms with van der Waals surface area (Å²) in [6.45, 7) is 0.615. The van der Waals surface area contributed by atoms with E-state index in [0.29, 0.717) is 23.0 Å². The average Bonchev–Trinajstić information content (AvgIpc) is 3.28. The Bertz CT molecular complexity index is 1760. The van der Waals surface area contributed by atoms with Gasteiger partial charge in [-0.2, -0.15) is 0 Å². The summed E-state index contributed by atoms with van der Waals surface area (Å²) < 4.78 is 2.23. The number of para-hydroxylation sites is 1. The standard InChI is InChI=1S/C32H24Cl2N2O/c33-21-14-12-20(26(34)16-21)17-36-18-25(23-8-3-4-10-28(23)36)32-31-24(9-5-11-29(31)37)30-22-7-2-1-6-19(22)13-15-27(30)35-32/h1-4,6-8,10,12-16,18,32,35H,5,9,11,17H2/t32-/m0/s1. The van der Waals surface area contributed by atoms with Crippen LogP contribution in [0.2, 0.25) is 10.0 Å². The maximum Gasteiger partial charge on any atom is 0.161 e. The molecule has 0 saturated heterocycles. The van der Waals surface area contributed by atoms with Gasteiger partial charge in [0.15, 0.2) is 5.78 Å². The number of carbonyl (C=O) groups excluding carboxylic acids is 1. The van der Waals surface area contributed by atoms with Gasteiger partial charge in [0.25, 0.3) is 0 Å². The number of allylic oxidation sites excluding steroid dienone is 1. The maximum absolute atomic E-state index is 13.5. The summed E-state index contributed by atoms with van der Waals surface area (Å²) in [4.78, 5) is 13.5. The van der Waals surface area contributed by atoms with Crippen molar-refractivity contribution in [1.29, 1.82) is 0 Å². The molecule has 3 nitrogen and oxygen atoms in total. The van der Waals surface area contributed by atoms with Crippen LogP contribution in [0.15, 0.2) is 90.6 Å². The molecule has 7 rings (SSSR count). The third-order valence-electron chi connectivity index (χ3n) is 7.76. The molecule has 1 N–H and O–H groups in total. The minimum Gasteiger partial charge on any atom is -0.373 e. The second kappa shape index (κ2) is 8.79. The Morgan fingerprint density at radius 3 is 2.57 bits per heavy atom. The molecule has 0 radical (unpaired) electrons. The van der Waals surface area contributed by atoms with E-state index in [1.165, 1.54) is 21.9 Å². The van der Waals surface area contributed by atoms with Crippen LogP contribution in [0.3, 0.4) is 0 Å². The highest BCUT2D eigenvalue weighted by Gasteiger charge is 2.36. The molecule has 2 aliphatic rings. The van der Waals surface area contributed by atoms with Crippen molar-refractivity contribution in [1.82, 2.24) is 4.57 Å². The van der Waals surface area contributed by atoms with Gasteiger partial charge >= 0.3 is 0 Å². The van der Waals surface area contributed by atoms with Crippen LogP contribution >= 0.6 is 23.2 Å². The smallest absolute Gasteiger partial charge is 0.161 e. The molecule has 1 aliphatic carbocycles. The topological polar surface area (TPSA) is 34.0 Å². The van der Waals surface area contributed by atoms with Crippen LogP contribution in [-0.4, -0.2) is 10.4 Å². The summed E-state index contributed by atoms with van der Waals surface area (Å²) in [7, 11) is 0. The highest BCUT2D eigenvalue weighted by Crippen LogP contribution is 2.49. The van der Waals surface area contributed by atoms with Gasteiger partial charge in [0, 0.05) is 62.5 Å². The molecule has 1 aromatic heterocycles. The summed E-state index contributed by atoms with van der Waals surface area (Å²) in [5.74, 6) is 0.245. The van der Waals surface area contributed by atoms with Crippen molar-refractivity contribution in [3.8, 4) is 0 Å². The van der Waals surface area contributed by atoms with Gasteiger partial charge in [-0.3, -0.25) is 4.79 Å². The second-order valence-electron chi connectivity index (χ2n) is 9.92. The Morgan fingerprint density at radius 1 is 0.892 bits per heavy atom. The first kappa shape index (κ1) is 22.7. The van der Waals surface area contributed by atoms with Crippen LogP contribution in [0, 0.1) is 0 Å². The number of benzene rings is 4. The van der Waals surface area contributed by atoms with Gasteiger partial charge in [0.2, 0.25) is 0 Å². The van der Waals surface area contributed by atoms with E-state index in [2.05, 4.69) is 76.7 Å². The molecule has 0 spiro atoms. The predicted molar refractivity (Wildman–Crippen MR) is 154 cm³/mol. The number of carbonyl (C=O) groups is 1. The number of fused-ring (bicyclic) bond motifs is 5. The zero-order chi connectivity index (χ0) is 25.1. The molecule has 0 amide bonds. The Kier molecular flexibility index (Phi) is 5.38. The van der Waals surface area contributed by atoms with E-state index in [4.69, 9.17) is 23.2 Å². The summed E-state index contributed by atoms with van der Waals surface area (Å²) in [5.41, 5.74) is 7.62. The second-order valence-corrected chi connectivity index (χ2v) is 10.8. The van der Waals surface area contributed by atoms with E-state index < -0.39 is 0 Å². The zero-order valence-electron chi connectivity index (χ0n) is 20.1. The number of Topliss-reactive ketones (excluding diaryl/α,β-unsaturated/α-hetero) is 1. The van der Waals surface area contributed by atoms with Gasteiger partial charge in [-0.1, -0.05) is 77.8 Å². The Hall–Kier alpha value is -3.53. The molecule has 0 bridgehead atoms. The van der Waals surface area contributed by atoms with Crippen molar-refractivity contribution < 1.29 is 4.79 Å². The highest BCUT2D eigenvalue weighted by molar-refractivity contribution is 6.35. The molecule has 0 saturated carbocycles. The largest absolute Gasteiger partial charge is 0.373 e. The average molecular weight is 523 g/mol. The van der Waals surface area contributed by atoms with Gasteiger partial charge < -0.3 is 9.88 Å². The van der Waals surface area contributed by atoms with Crippen molar-refractivity contribution in [2.45, 2.75) is 31.8 Å². The number of aromatic nitrogens is 1. The summed E-state index contributed by atoms with van der Waals surface area (Å²) in [6.07, 6.45) is 4.59. The minimum atomic E-state index is -0.205. The van der Waals surface area contributed by atoms with E-state index in [9.17, 15) is 4.79 Å². The molecule has 1 aliphatic heterocycles. The predicted octanol–water partition coefficient (Wildman–Crippen LogP) is 8.82. The number of anilines is 1. The van der Waals surface area contributed by atoms with Gasteiger partial charge in [0.1, 0.15) is 0 Å². The maximum atomic E-state index is 13.5. The Labute approximate surface area is 225 Å². The first-order chi connectivity index (χ1) is 18.1. The van der Waals surface area contributed by atoms with Crippen LogP contribution in [0.4, 0.5) is 5.69 Å². The Balaban J connectivity index is 1.42. The van der Waals surface area contributed by atoms with Crippen molar-refractivity contribution in [2.24, 2.45) is 0 Å². The monoisotopic (exact) mass is 522 g/mol. The van der Waals surface area contributed by atoms with E-state index in [1.807, 2.05) is 12.1 Å². The van der Waals surface area contributed by atoms with Crippen molar-refractivity contribution >= 4 is 61.9 Å². The van der Waals surface area contributed by atoms with Crippen molar-refractivity contribution in [2.75, 3.05) is 5.32 Å². The Morgan fingerprint density at radius 2 is 1.70 bits per heavy atom. The van der Waals surface area contributed by atoms with Crippen LogP contribution in [0.5, 0.6) is 0 Å². The highest BCUT2D eigenvalue weighted by atomic mass is 35.5. The number of ketones is 1. The molecule has 0 fully saturated rings. The number of hydrogen-bond acceptors (Lipinski definition) is 2. The molecule has 37 heavy (non-hydrogen) atoms. The first-order valence-corrected chi connectivity index (χ1v) is 13.4. The number of rotatable bonds is 3. The molecular formula is C32H24Cl2N2O. The molecule has 5 aromatic rings. The van der Waals surface area contributed by atoms with Crippen LogP contribution < -0.4 is 5.32 Å². The molecule has 2 heterocycles. The summed E-state index contributed by atoms with van der Waals surface area (Å²) in [5, 5.41) is 8.60. The quantitative estimate of drug-likeness (QED) is 0.256. The van der Waals surface area contributed by atoms with Crippen molar-refractivity contribution in [3.63, 3.8) is 0 Å². The number of nitrogens with one attached hydrogen (secondary N) is 1. The lowest BCUT2D eigenvalue weighted by Gasteiger charge is -2.35. The van der Waals surface area contributed by atoms with E-state index >= 15 is 0 Å². The van der Waals surface area contributed by atoms with Gasteiger partial charge in [0.05, 0.1) is 6.04 Å². The third kappa shape index (κ3) is 3.68. The van der Waals surface area contributed by atoms with Gasteiger partial charge in [-0.15, -0.1) is 0 Å². The van der Waals surface area contributed by atoms with Crippen LogP contribution in [0.1, 0.15) is 42.0 Å². The molecule has 182 valence electrons. The number of nitrogens with zero attached hydrogens (tertiary/aromatic N) is 1. The molecule has 0 unspecified atom stereocenters. The lowest BCUT2D eigenvalue weighted by molar-refractivity contribution is -0.116. The molecular weight excluding hydrogens is 499 g/mol. The molecule has 5 heteroatoms. The lowest BCUT2D eigenvalue weighted by atomic mass is 9.77. The summed E-state index contributed by atoms with van der Waals surface area (Å²) in [6, 6.07) is 26.6. The van der Waals surface area contributed by atoms with Crippen molar-refractivity contribution in [3.05, 3.63) is 117 Å². The number of hydrogen-bond donors (Lipinski definition) is 1. The normalized spacial score (nSPS) is 17.1. The van der Waals surface area contributed by atoms with E-state index in [0.717, 1.165) is 46.1 Å². The molecule has 1 atom stereocenters. The zero-order valence-corrected chi connectivity index (χ0v) is 21.6. The van der Waals surface area contributed by atoms with Gasteiger partial charge in [-0.05, 0) is 59.0 Å². The van der Waals surface area contributed by atoms with Crippen LogP contribution in [-0.2, 0) is 11.3 Å². The number of halogens is 2. The lowest BCUT2D eigenvalue weighted by Crippen LogP contribution is -2.27. The molecule has 4 aromatic carbocycles.